The van der Waals surface area contributed by atoms with Crippen LogP contribution >= 0.6 is 0 Å². The van der Waals surface area contributed by atoms with Crippen LogP contribution in [0.1, 0.15) is 37.7 Å². The lowest BCUT2D eigenvalue weighted by Gasteiger charge is -2.48. The van der Waals surface area contributed by atoms with E-state index < -0.39 is 0 Å². The molecule has 4 saturated carbocycles. The Balaban J connectivity index is 1.49. The van der Waals surface area contributed by atoms with Gasteiger partial charge in [0.05, 0.1) is 5.54 Å². The molecule has 94 valence electrons. The molecule has 5 atom stereocenters. The van der Waals surface area contributed by atoms with Crippen LogP contribution in [0.5, 0.6) is 0 Å². The van der Waals surface area contributed by atoms with Crippen molar-refractivity contribution in [3.05, 3.63) is 29.8 Å². The molecule has 0 N–H and O–H groups in total. The highest BCUT2D eigenvalue weighted by molar-refractivity contribution is 6.32. The summed E-state index contributed by atoms with van der Waals surface area (Å²) in [5, 5.41) is 0. The zero-order chi connectivity index (χ0) is 12.7. The molecule has 1 aromatic rings. The molecule has 2 radical (unpaired) electrons. The third-order valence-corrected chi connectivity index (χ3v) is 6.77. The van der Waals surface area contributed by atoms with Crippen LogP contribution in [-0.4, -0.2) is 19.6 Å². The van der Waals surface area contributed by atoms with Gasteiger partial charge in [-0.3, -0.25) is 4.99 Å². The van der Waals surface area contributed by atoms with Gasteiger partial charge < -0.3 is 0 Å². The van der Waals surface area contributed by atoms with Crippen molar-refractivity contribution in [1.82, 2.24) is 0 Å². The number of hydrogen-bond acceptors (Lipinski definition) is 1. The molecule has 0 aromatic heterocycles. The summed E-state index contributed by atoms with van der Waals surface area (Å²) >= 11 is 0. The molecule has 2 heteroatoms. The Morgan fingerprint density at radius 1 is 1.16 bits per heavy atom. The first-order chi connectivity index (χ1) is 9.20. The molecule has 5 unspecified atom stereocenters. The van der Waals surface area contributed by atoms with E-state index in [-0.39, 0.29) is 0 Å². The van der Waals surface area contributed by atoms with Crippen LogP contribution in [0.25, 0.3) is 0 Å². The summed E-state index contributed by atoms with van der Waals surface area (Å²) in [4.78, 5) is 5.10. The molecule has 0 amide bonds. The van der Waals surface area contributed by atoms with Crippen molar-refractivity contribution in [3.8, 4) is 0 Å². The minimum Gasteiger partial charge on any atom is -0.286 e. The first-order valence-corrected chi connectivity index (χ1v) is 7.61. The van der Waals surface area contributed by atoms with Crippen LogP contribution < -0.4 is 5.46 Å². The van der Waals surface area contributed by atoms with Crippen LogP contribution in [0.3, 0.4) is 0 Å². The summed E-state index contributed by atoms with van der Waals surface area (Å²) in [5.41, 5.74) is 3.05. The van der Waals surface area contributed by atoms with E-state index in [1.807, 2.05) is 18.2 Å². The number of rotatable bonds is 2. The second kappa shape index (κ2) is 3.16. The highest BCUT2D eigenvalue weighted by Gasteiger charge is 2.76. The van der Waals surface area contributed by atoms with Crippen LogP contribution in [0.2, 0.25) is 0 Å². The van der Waals surface area contributed by atoms with Gasteiger partial charge in [-0.05, 0) is 60.8 Å². The third kappa shape index (κ3) is 1.17. The van der Waals surface area contributed by atoms with Gasteiger partial charge in [-0.1, -0.05) is 29.7 Å². The van der Waals surface area contributed by atoms with Gasteiger partial charge in [0, 0.05) is 6.21 Å². The molecule has 1 nitrogen and oxygen atoms in total. The molecule has 5 rings (SSSR count). The molecular weight excluding hydrogens is 229 g/mol. The lowest BCUT2D eigenvalue weighted by atomic mass is 9.56. The molecule has 0 saturated heterocycles. The predicted molar refractivity (Wildman–Crippen MR) is 78.1 cm³/mol. The molecule has 4 fully saturated rings. The Bertz CT molecular complexity index is 595. The second-order valence-corrected chi connectivity index (χ2v) is 7.41. The Hall–Kier alpha value is -1.05. The summed E-state index contributed by atoms with van der Waals surface area (Å²) in [5.74, 6) is 2.96. The zero-order valence-corrected chi connectivity index (χ0v) is 11.2. The maximum absolute atomic E-state index is 5.84. The number of benzene rings is 1. The Morgan fingerprint density at radius 2 is 2.05 bits per heavy atom. The van der Waals surface area contributed by atoms with Crippen molar-refractivity contribution in [2.75, 3.05) is 0 Å². The van der Waals surface area contributed by atoms with E-state index in [0.29, 0.717) is 5.54 Å². The van der Waals surface area contributed by atoms with Crippen LogP contribution in [0.4, 0.5) is 0 Å². The molecule has 0 aliphatic heterocycles. The van der Waals surface area contributed by atoms with E-state index in [2.05, 4.69) is 12.3 Å². The maximum Gasteiger partial charge on any atom is 0.113 e. The first kappa shape index (κ1) is 10.7. The minimum absolute atomic E-state index is 0.308. The molecule has 3 bridgehead atoms. The number of aliphatic imine (C=N–C) groups is 1. The topological polar surface area (TPSA) is 12.4 Å². The standard InChI is InChI=1S/C17H18BN/c18-15-3-1-2-11(4-15)9-19-17-8-13-5-12-6-14(17)7-16(12,13)10-17/h1-4,9,12-14H,5-8,10H2. The molecule has 4 aliphatic carbocycles. The highest BCUT2D eigenvalue weighted by atomic mass is 15.0. The fourth-order valence-electron chi connectivity index (χ4n) is 6.02. The lowest BCUT2D eigenvalue weighted by Crippen LogP contribution is -2.41. The summed E-state index contributed by atoms with van der Waals surface area (Å²) in [6.07, 6.45) is 9.30. The fraction of sp³-hybridized carbons (Fsp3) is 0.588. The monoisotopic (exact) mass is 247 g/mol. The van der Waals surface area contributed by atoms with Gasteiger partial charge in [0.2, 0.25) is 0 Å². The van der Waals surface area contributed by atoms with E-state index in [4.69, 9.17) is 12.8 Å². The van der Waals surface area contributed by atoms with E-state index in [9.17, 15) is 0 Å². The summed E-state index contributed by atoms with van der Waals surface area (Å²) in [6, 6.07) is 8.08. The van der Waals surface area contributed by atoms with Crippen LogP contribution in [-0.2, 0) is 0 Å². The van der Waals surface area contributed by atoms with Crippen molar-refractivity contribution in [2.24, 2.45) is 28.2 Å². The molecule has 1 aromatic carbocycles. The normalized spacial score (nSPS) is 48.9. The quantitative estimate of drug-likeness (QED) is 0.562. The highest BCUT2D eigenvalue weighted by Crippen LogP contribution is 2.81. The summed E-state index contributed by atoms with van der Waals surface area (Å²) in [7, 11) is 5.84. The van der Waals surface area contributed by atoms with Gasteiger partial charge in [0.15, 0.2) is 0 Å². The second-order valence-electron chi connectivity index (χ2n) is 7.41. The zero-order valence-electron chi connectivity index (χ0n) is 11.2. The van der Waals surface area contributed by atoms with E-state index >= 15 is 0 Å². The van der Waals surface area contributed by atoms with Gasteiger partial charge in [0.1, 0.15) is 7.85 Å². The van der Waals surface area contributed by atoms with Crippen molar-refractivity contribution in [3.63, 3.8) is 0 Å². The first-order valence-electron chi connectivity index (χ1n) is 7.61. The van der Waals surface area contributed by atoms with Crippen molar-refractivity contribution >= 4 is 19.5 Å². The average Bonchev–Trinajstić information content (AvgIpc) is 2.89. The molecular formula is C17H18BN. The third-order valence-electron chi connectivity index (χ3n) is 6.77. The van der Waals surface area contributed by atoms with Crippen molar-refractivity contribution in [1.29, 1.82) is 0 Å². The Labute approximate surface area is 115 Å². The van der Waals surface area contributed by atoms with Gasteiger partial charge in [-0.2, -0.15) is 0 Å². The summed E-state index contributed by atoms with van der Waals surface area (Å²) in [6.45, 7) is 0. The maximum atomic E-state index is 5.84. The molecule has 0 heterocycles. The predicted octanol–water partition coefficient (Wildman–Crippen LogP) is 2.48. The van der Waals surface area contributed by atoms with Crippen LogP contribution in [0, 0.1) is 23.2 Å². The molecule has 4 aliphatic rings. The Kier molecular flexibility index (Phi) is 1.78. The lowest BCUT2D eigenvalue weighted by molar-refractivity contribution is 0.00426. The van der Waals surface area contributed by atoms with E-state index in [0.717, 1.165) is 34.2 Å². The number of nitrogens with zero attached hydrogens (tertiary/aromatic N) is 1. The van der Waals surface area contributed by atoms with E-state index in [1.165, 1.54) is 32.1 Å². The molecule has 19 heavy (non-hydrogen) atoms. The van der Waals surface area contributed by atoms with E-state index in [1.54, 1.807) is 0 Å². The van der Waals surface area contributed by atoms with Gasteiger partial charge in [-0.25, -0.2) is 0 Å². The fourth-order valence-corrected chi connectivity index (χ4v) is 6.02. The SMILES string of the molecule is [B]c1cccc(C=NC23CC4CC5CC2CC54C3)c1. The van der Waals surface area contributed by atoms with Gasteiger partial charge in [0.25, 0.3) is 0 Å². The summed E-state index contributed by atoms with van der Waals surface area (Å²) < 4.78 is 0. The average molecular weight is 247 g/mol. The number of hydrogen-bond donors (Lipinski definition) is 0. The van der Waals surface area contributed by atoms with Gasteiger partial charge >= 0.3 is 0 Å². The van der Waals surface area contributed by atoms with Crippen LogP contribution in [0.15, 0.2) is 29.3 Å². The number of fused-ring (bicyclic) bond motifs is 3. The minimum atomic E-state index is 0.308. The largest absolute Gasteiger partial charge is 0.286 e. The smallest absolute Gasteiger partial charge is 0.113 e. The Morgan fingerprint density at radius 3 is 2.89 bits per heavy atom. The van der Waals surface area contributed by atoms with Crippen molar-refractivity contribution in [2.45, 2.75) is 37.6 Å². The van der Waals surface area contributed by atoms with Gasteiger partial charge in [-0.15, -0.1) is 0 Å². The van der Waals surface area contributed by atoms with Crippen molar-refractivity contribution < 1.29 is 0 Å². The molecule has 1 spiro atoms.